The lowest BCUT2D eigenvalue weighted by Gasteiger charge is -2.08. The van der Waals surface area contributed by atoms with Crippen molar-refractivity contribution in [3.63, 3.8) is 0 Å². The number of rotatable bonds is 4. The third-order valence-electron chi connectivity index (χ3n) is 3.06. The second kappa shape index (κ2) is 5.54. The van der Waals surface area contributed by atoms with Crippen molar-refractivity contribution in [1.29, 1.82) is 0 Å². The number of aromatic nitrogens is 3. The molecule has 20 heavy (non-hydrogen) atoms. The smallest absolute Gasteiger partial charge is 0.140 e. The van der Waals surface area contributed by atoms with Gasteiger partial charge in [0.25, 0.3) is 0 Å². The molecule has 0 fully saturated rings. The number of nitrogens with one attached hydrogen (secondary N) is 1. The van der Waals surface area contributed by atoms with E-state index in [2.05, 4.69) is 20.0 Å². The molecule has 1 aromatic carbocycles. The van der Waals surface area contributed by atoms with Gasteiger partial charge in [0.1, 0.15) is 5.82 Å². The van der Waals surface area contributed by atoms with E-state index in [1.165, 1.54) is 0 Å². The molecule has 0 unspecified atom stereocenters. The summed E-state index contributed by atoms with van der Waals surface area (Å²) in [5.74, 6) is 6.35. The van der Waals surface area contributed by atoms with E-state index in [0.717, 1.165) is 22.8 Å². The van der Waals surface area contributed by atoms with Crippen LogP contribution in [0, 0.1) is 0 Å². The maximum atomic E-state index is 5.42. The van der Waals surface area contributed by atoms with Crippen molar-refractivity contribution in [1.82, 2.24) is 14.5 Å². The molecule has 2 aromatic heterocycles. The number of nitrogen functional groups attached to an aromatic ring is 1. The molecule has 3 N–H and O–H groups in total. The Morgan fingerprint density at radius 3 is 2.70 bits per heavy atom. The Kier molecular flexibility index (Phi) is 3.43. The Balaban J connectivity index is 1.90. The Labute approximate surface area is 117 Å². The monoisotopic (exact) mass is 265 g/mol. The van der Waals surface area contributed by atoms with Crippen LogP contribution < -0.4 is 11.3 Å². The number of hydrazine groups is 1. The molecule has 5 heteroatoms. The third kappa shape index (κ3) is 2.53. The highest BCUT2D eigenvalue weighted by molar-refractivity contribution is 5.55. The van der Waals surface area contributed by atoms with Crippen molar-refractivity contribution in [3.8, 4) is 11.4 Å². The van der Waals surface area contributed by atoms with Crippen LogP contribution in [0.15, 0.2) is 61.1 Å². The number of nitrogens with two attached hydrogens (primary N) is 1. The first-order valence-corrected chi connectivity index (χ1v) is 6.35. The summed E-state index contributed by atoms with van der Waals surface area (Å²) in [5.41, 5.74) is 5.49. The van der Waals surface area contributed by atoms with Gasteiger partial charge in [-0.15, -0.1) is 0 Å². The predicted molar refractivity (Wildman–Crippen MR) is 78.8 cm³/mol. The summed E-state index contributed by atoms with van der Waals surface area (Å²) in [6.45, 7) is 0.653. The number of pyridine rings is 1. The summed E-state index contributed by atoms with van der Waals surface area (Å²) in [5, 5.41) is 0. The largest absolute Gasteiger partial charge is 0.325 e. The fraction of sp³-hybridized carbons (Fsp3) is 0.0667. The van der Waals surface area contributed by atoms with Gasteiger partial charge in [-0.3, -0.25) is 10.8 Å². The summed E-state index contributed by atoms with van der Waals surface area (Å²) in [6, 6.07) is 13.9. The number of imidazole rings is 1. The van der Waals surface area contributed by atoms with E-state index < -0.39 is 0 Å². The van der Waals surface area contributed by atoms with Crippen molar-refractivity contribution in [2.24, 2.45) is 5.84 Å². The zero-order valence-electron chi connectivity index (χ0n) is 10.9. The van der Waals surface area contributed by atoms with Crippen molar-refractivity contribution < 1.29 is 0 Å². The highest BCUT2D eigenvalue weighted by Gasteiger charge is 2.06. The van der Waals surface area contributed by atoms with Gasteiger partial charge < -0.3 is 9.99 Å². The summed E-state index contributed by atoms with van der Waals surface area (Å²) in [4.78, 5) is 8.77. The van der Waals surface area contributed by atoms with Crippen LogP contribution in [-0.4, -0.2) is 14.5 Å². The molecule has 5 nitrogen and oxygen atoms in total. The van der Waals surface area contributed by atoms with Gasteiger partial charge >= 0.3 is 0 Å². The van der Waals surface area contributed by atoms with Crippen LogP contribution in [0.3, 0.4) is 0 Å². The minimum absolute atomic E-state index is 0.653. The maximum Gasteiger partial charge on any atom is 0.140 e. The number of anilines is 1. The van der Waals surface area contributed by atoms with Crippen LogP contribution >= 0.6 is 0 Å². The predicted octanol–water partition coefficient (Wildman–Crippen LogP) is 2.28. The van der Waals surface area contributed by atoms with Gasteiger partial charge in [-0.1, -0.05) is 30.3 Å². The Hall–Kier alpha value is -2.66. The first-order valence-electron chi connectivity index (χ1n) is 6.35. The molecule has 0 aliphatic rings. The average Bonchev–Trinajstić information content (AvgIpc) is 2.96. The molecule has 0 amide bonds. The first-order chi connectivity index (χ1) is 9.86. The highest BCUT2D eigenvalue weighted by Crippen LogP contribution is 2.18. The number of hydrogen-bond donors (Lipinski definition) is 2. The zero-order chi connectivity index (χ0) is 13.8. The van der Waals surface area contributed by atoms with Crippen molar-refractivity contribution in [2.75, 3.05) is 5.43 Å². The van der Waals surface area contributed by atoms with Gasteiger partial charge in [0.2, 0.25) is 0 Å². The van der Waals surface area contributed by atoms with Crippen molar-refractivity contribution >= 4 is 5.69 Å². The normalized spacial score (nSPS) is 10.4. The minimum atomic E-state index is 0.653. The molecule has 2 heterocycles. The molecule has 0 aliphatic carbocycles. The zero-order valence-corrected chi connectivity index (χ0v) is 10.9. The van der Waals surface area contributed by atoms with E-state index in [-0.39, 0.29) is 0 Å². The number of benzene rings is 1. The standard InChI is InChI=1S/C15H15N5/c16-19-13-6-7-17-14(10-13)11-20-9-8-18-15(20)12-4-2-1-3-5-12/h1-10H,11,16H2,(H,17,19). The quantitative estimate of drug-likeness (QED) is 0.561. The van der Waals surface area contributed by atoms with E-state index in [1.54, 1.807) is 12.4 Å². The summed E-state index contributed by atoms with van der Waals surface area (Å²) < 4.78 is 2.07. The third-order valence-corrected chi connectivity index (χ3v) is 3.06. The molecular weight excluding hydrogens is 250 g/mol. The Morgan fingerprint density at radius 2 is 1.90 bits per heavy atom. The van der Waals surface area contributed by atoms with E-state index in [1.807, 2.05) is 48.7 Å². The van der Waals surface area contributed by atoms with Crippen molar-refractivity contribution in [3.05, 3.63) is 66.7 Å². The van der Waals surface area contributed by atoms with Gasteiger partial charge in [-0.25, -0.2) is 4.98 Å². The Bertz CT molecular complexity index is 690. The van der Waals surface area contributed by atoms with Gasteiger partial charge in [-0.2, -0.15) is 0 Å². The molecule has 3 aromatic rings. The second-order valence-corrected chi connectivity index (χ2v) is 4.42. The van der Waals surface area contributed by atoms with Crippen LogP contribution in [-0.2, 0) is 6.54 Å². The number of nitrogens with zero attached hydrogens (tertiary/aromatic N) is 3. The van der Waals surface area contributed by atoms with Crippen molar-refractivity contribution in [2.45, 2.75) is 6.54 Å². The molecule has 3 rings (SSSR count). The fourth-order valence-electron chi connectivity index (χ4n) is 2.11. The van der Waals surface area contributed by atoms with E-state index >= 15 is 0 Å². The molecule has 0 saturated carbocycles. The average molecular weight is 265 g/mol. The van der Waals surface area contributed by atoms with E-state index in [9.17, 15) is 0 Å². The summed E-state index contributed by atoms with van der Waals surface area (Å²) in [7, 11) is 0. The minimum Gasteiger partial charge on any atom is -0.325 e. The van der Waals surface area contributed by atoms with Crippen LogP contribution in [0.1, 0.15) is 5.69 Å². The molecule has 100 valence electrons. The SMILES string of the molecule is NNc1ccnc(Cn2ccnc2-c2ccccc2)c1. The maximum absolute atomic E-state index is 5.42. The van der Waals surface area contributed by atoms with Gasteiger partial charge in [0, 0.05) is 24.2 Å². The molecular formula is C15H15N5. The van der Waals surface area contributed by atoms with E-state index in [4.69, 9.17) is 5.84 Å². The molecule has 0 atom stereocenters. The Morgan fingerprint density at radius 1 is 1.05 bits per heavy atom. The molecule has 0 spiro atoms. The number of hydrogen-bond acceptors (Lipinski definition) is 4. The highest BCUT2D eigenvalue weighted by atomic mass is 15.2. The molecule has 0 saturated heterocycles. The lowest BCUT2D eigenvalue weighted by Crippen LogP contribution is -2.08. The lowest BCUT2D eigenvalue weighted by atomic mass is 10.2. The first kappa shape index (κ1) is 12.4. The van der Waals surface area contributed by atoms with Gasteiger partial charge in [-0.05, 0) is 12.1 Å². The second-order valence-electron chi connectivity index (χ2n) is 4.42. The van der Waals surface area contributed by atoms with E-state index in [0.29, 0.717) is 6.54 Å². The van der Waals surface area contributed by atoms with Crippen LogP contribution in [0.4, 0.5) is 5.69 Å². The van der Waals surface area contributed by atoms with Gasteiger partial charge in [0.05, 0.1) is 17.9 Å². The summed E-state index contributed by atoms with van der Waals surface area (Å²) in [6.07, 6.45) is 5.49. The topological polar surface area (TPSA) is 68.8 Å². The molecule has 0 radical (unpaired) electrons. The fourth-order valence-corrected chi connectivity index (χ4v) is 2.11. The lowest BCUT2D eigenvalue weighted by molar-refractivity contribution is 0.782. The molecule has 0 bridgehead atoms. The molecule has 0 aliphatic heterocycles. The summed E-state index contributed by atoms with van der Waals surface area (Å²) >= 11 is 0. The van der Waals surface area contributed by atoms with Crippen LogP contribution in [0.25, 0.3) is 11.4 Å². The van der Waals surface area contributed by atoms with Crippen LogP contribution in [0.2, 0.25) is 0 Å². The van der Waals surface area contributed by atoms with Crippen LogP contribution in [0.5, 0.6) is 0 Å². The van der Waals surface area contributed by atoms with Gasteiger partial charge in [0.15, 0.2) is 0 Å².